The van der Waals surface area contributed by atoms with Crippen LogP contribution in [0, 0.1) is 6.92 Å². The third-order valence-corrected chi connectivity index (χ3v) is 5.58. The summed E-state index contributed by atoms with van der Waals surface area (Å²) in [5.41, 5.74) is 4.89. The van der Waals surface area contributed by atoms with Crippen LogP contribution in [0.2, 0.25) is 0 Å². The Morgan fingerprint density at radius 1 is 1.18 bits per heavy atom. The lowest BCUT2D eigenvalue weighted by Crippen LogP contribution is -2.35. The first-order chi connectivity index (χ1) is 13.6. The molecule has 1 aliphatic rings. The first kappa shape index (κ1) is 18.8. The van der Waals surface area contributed by atoms with E-state index in [2.05, 4.69) is 55.1 Å². The molecule has 1 atom stereocenters. The molecule has 0 fully saturated rings. The highest BCUT2D eigenvalue weighted by molar-refractivity contribution is 5.86. The molecule has 146 valence electrons. The van der Waals surface area contributed by atoms with E-state index < -0.39 is 0 Å². The maximum absolute atomic E-state index is 12.0. The Hall–Kier alpha value is -2.59. The molecule has 1 aromatic heterocycles. The lowest BCUT2D eigenvalue weighted by molar-refractivity contribution is 0.0900. The number of rotatable bonds is 5. The predicted octanol–water partition coefficient (Wildman–Crippen LogP) is 5.01. The molecule has 4 rings (SSSR count). The minimum absolute atomic E-state index is 0.284. The lowest BCUT2D eigenvalue weighted by Gasteiger charge is -2.32. The van der Waals surface area contributed by atoms with Crippen molar-refractivity contribution in [1.29, 1.82) is 0 Å². The molecule has 0 saturated carbocycles. The monoisotopic (exact) mass is 377 g/mol. The maximum atomic E-state index is 12.0. The molecule has 1 aliphatic heterocycles. The van der Waals surface area contributed by atoms with Gasteiger partial charge in [0.25, 0.3) is 0 Å². The molecule has 0 amide bonds. The Balaban J connectivity index is 1.65. The quantitative estimate of drug-likeness (QED) is 0.586. The summed E-state index contributed by atoms with van der Waals surface area (Å²) in [5, 5.41) is 1.04. The summed E-state index contributed by atoms with van der Waals surface area (Å²) in [6, 6.07) is 14.4. The fourth-order valence-corrected chi connectivity index (χ4v) is 4.20. The second-order valence-corrected chi connectivity index (χ2v) is 7.80. The first-order valence-electron chi connectivity index (χ1n) is 10.1. The van der Waals surface area contributed by atoms with Crippen LogP contribution in [-0.4, -0.2) is 18.2 Å². The highest BCUT2D eigenvalue weighted by atomic mass is 16.5. The van der Waals surface area contributed by atoms with Crippen LogP contribution in [0.15, 0.2) is 51.7 Å². The van der Waals surface area contributed by atoms with E-state index in [-0.39, 0.29) is 5.63 Å². The van der Waals surface area contributed by atoms with Crippen LogP contribution in [0.5, 0.6) is 5.75 Å². The highest BCUT2D eigenvalue weighted by Gasteiger charge is 2.24. The third kappa shape index (κ3) is 3.57. The molecule has 4 heteroatoms. The van der Waals surface area contributed by atoms with Crippen LogP contribution < -0.4 is 10.4 Å². The van der Waals surface area contributed by atoms with Gasteiger partial charge < -0.3 is 9.15 Å². The standard InChI is InChI=1S/C24H27NO3/c1-4-8-19-12-22(26)28-24-17(3)23-20(11-21(19)24)14-25(15-27-23)13-16(2)18-9-6-5-7-10-18/h5-7,9-12,16H,4,8,13-15H2,1-3H3/t16-/m1/s1. The van der Waals surface area contributed by atoms with Crippen LogP contribution >= 0.6 is 0 Å². The second kappa shape index (κ2) is 7.80. The molecule has 2 aromatic carbocycles. The Morgan fingerprint density at radius 3 is 2.71 bits per heavy atom. The second-order valence-electron chi connectivity index (χ2n) is 7.80. The van der Waals surface area contributed by atoms with Crippen molar-refractivity contribution < 1.29 is 9.15 Å². The number of aryl methyl sites for hydroxylation is 2. The SMILES string of the molecule is CCCc1cc(=O)oc2c(C)c3c(cc12)CN(C[C@@H](C)c1ccccc1)CO3. The third-order valence-electron chi connectivity index (χ3n) is 5.58. The average molecular weight is 377 g/mol. The number of fused-ring (bicyclic) bond motifs is 2. The van der Waals surface area contributed by atoms with E-state index in [0.717, 1.165) is 48.2 Å². The lowest BCUT2D eigenvalue weighted by atomic mass is 9.97. The minimum atomic E-state index is -0.284. The molecule has 0 radical (unpaired) electrons. The summed E-state index contributed by atoms with van der Waals surface area (Å²) in [6.45, 7) is 8.70. The molecule has 28 heavy (non-hydrogen) atoms. The van der Waals surface area contributed by atoms with Crippen molar-refractivity contribution in [1.82, 2.24) is 4.90 Å². The van der Waals surface area contributed by atoms with Crippen LogP contribution in [0.3, 0.4) is 0 Å². The van der Waals surface area contributed by atoms with Gasteiger partial charge in [0.05, 0.1) is 0 Å². The molecular weight excluding hydrogens is 350 g/mol. The van der Waals surface area contributed by atoms with E-state index in [4.69, 9.17) is 9.15 Å². The van der Waals surface area contributed by atoms with Gasteiger partial charge in [0, 0.05) is 35.7 Å². The smallest absolute Gasteiger partial charge is 0.336 e. The van der Waals surface area contributed by atoms with Gasteiger partial charge in [-0.25, -0.2) is 4.79 Å². The molecule has 0 spiro atoms. The Kier molecular flexibility index (Phi) is 5.23. The van der Waals surface area contributed by atoms with Gasteiger partial charge in [0.15, 0.2) is 0 Å². The van der Waals surface area contributed by atoms with Crippen LogP contribution in [0.4, 0.5) is 0 Å². The van der Waals surface area contributed by atoms with Crippen molar-refractivity contribution in [2.24, 2.45) is 0 Å². The average Bonchev–Trinajstić information content (AvgIpc) is 2.70. The van der Waals surface area contributed by atoms with Crippen molar-refractivity contribution in [2.75, 3.05) is 13.3 Å². The van der Waals surface area contributed by atoms with Gasteiger partial charge in [-0.05, 0) is 36.5 Å². The van der Waals surface area contributed by atoms with Gasteiger partial charge in [0.2, 0.25) is 0 Å². The van der Waals surface area contributed by atoms with E-state index in [1.54, 1.807) is 6.07 Å². The Labute approximate surface area is 165 Å². The summed E-state index contributed by atoms with van der Waals surface area (Å²) < 4.78 is 11.7. The van der Waals surface area contributed by atoms with Gasteiger partial charge >= 0.3 is 5.63 Å². The molecule has 0 N–H and O–H groups in total. The summed E-state index contributed by atoms with van der Waals surface area (Å²) in [5.74, 6) is 1.30. The van der Waals surface area contributed by atoms with E-state index in [1.165, 1.54) is 11.1 Å². The van der Waals surface area contributed by atoms with E-state index in [9.17, 15) is 4.79 Å². The van der Waals surface area contributed by atoms with Crippen LogP contribution in [0.1, 0.15) is 48.4 Å². The summed E-state index contributed by atoms with van der Waals surface area (Å²) in [4.78, 5) is 14.3. The first-order valence-corrected chi connectivity index (χ1v) is 10.1. The highest BCUT2D eigenvalue weighted by Crippen LogP contribution is 2.36. The van der Waals surface area contributed by atoms with Crippen molar-refractivity contribution in [3.63, 3.8) is 0 Å². The van der Waals surface area contributed by atoms with Gasteiger partial charge in [-0.1, -0.05) is 50.6 Å². The molecule has 2 heterocycles. The number of nitrogens with zero attached hydrogens (tertiary/aromatic N) is 1. The van der Waals surface area contributed by atoms with Crippen LogP contribution in [-0.2, 0) is 13.0 Å². The molecular formula is C24H27NO3. The number of hydrogen-bond acceptors (Lipinski definition) is 4. The fraction of sp³-hybridized carbons (Fsp3) is 0.375. The zero-order chi connectivity index (χ0) is 19.7. The summed E-state index contributed by atoms with van der Waals surface area (Å²) in [7, 11) is 0. The molecule has 0 unspecified atom stereocenters. The van der Waals surface area contributed by atoms with Gasteiger partial charge in [0.1, 0.15) is 18.1 Å². The minimum Gasteiger partial charge on any atom is -0.477 e. The molecule has 0 bridgehead atoms. The van der Waals surface area contributed by atoms with Crippen molar-refractivity contribution in [3.05, 3.63) is 75.1 Å². The Bertz CT molecular complexity index is 1040. The number of benzene rings is 2. The zero-order valence-corrected chi connectivity index (χ0v) is 16.8. The summed E-state index contributed by atoms with van der Waals surface area (Å²) >= 11 is 0. The molecule has 0 aliphatic carbocycles. The largest absolute Gasteiger partial charge is 0.477 e. The predicted molar refractivity (Wildman–Crippen MR) is 112 cm³/mol. The Morgan fingerprint density at radius 2 is 1.96 bits per heavy atom. The van der Waals surface area contributed by atoms with Gasteiger partial charge in [-0.15, -0.1) is 0 Å². The molecule has 0 saturated heterocycles. The fourth-order valence-electron chi connectivity index (χ4n) is 4.20. The topological polar surface area (TPSA) is 42.7 Å². The number of ether oxygens (including phenoxy) is 1. The van der Waals surface area contributed by atoms with E-state index >= 15 is 0 Å². The zero-order valence-electron chi connectivity index (χ0n) is 16.8. The molecule has 4 nitrogen and oxygen atoms in total. The molecule has 3 aromatic rings. The van der Waals surface area contributed by atoms with Crippen LogP contribution in [0.25, 0.3) is 11.0 Å². The van der Waals surface area contributed by atoms with Crippen molar-refractivity contribution in [2.45, 2.75) is 46.1 Å². The van der Waals surface area contributed by atoms with Gasteiger partial charge in [-0.2, -0.15) is 0 Å². The normalized spacial score (nSPS) is 15.2. The van der Waals surface area contributed by atoms with E-state index in [0.29, 0.717) is 18.2 Å². The van der Waals surface area contributed by atoms with Gasteiger partial charge in [-0.3, -0.25) is 4.90 Å². The number of hydrogen-bond donors (Lipinski definition) is 0. The van der Waals surface area contributed by atoms with Crippen molar-refractivity contribution >= 4 is 11.0 Å². The maximum Gasteiger partial charge on any atom is 0.336 e. The van der Waals surface area contributed by atoms with E-state index in [1.807, 2.05) is 6.92 Å². The summed E-state index contributed by atoms with van der Waals surface area (Å²) in [6.07, 6.45) is 1.86. The van der Waals surface area contributed by atoms with Crippen molar-refractivity contribution in [3.8, 4) is 5.75 Å².